The van der Waals surface area contributed by atoms with E-state index in [4.69, 9.17) is 4.74 Å². The minimum atomic E-state index is -0.0523. The maximum absolute atomic E-state index is 12.2. The molecule has 2 N–H and O–H groups in total. The molecule has 0 radical (unpaired) electrons. The van der Waals surface area contributed by atoms with Crippen LogP contribution in [0.2, 0.25) is 0 Å². The molecule has 2 amide bonds. The van der Waals surface area contributed by atoms with Gasteiger partial charge in [-0.1, -0.05) is 13.3 Å². The molecule has 3 rings (SSSR count). The fraction of sp³-hybridized carbons (Fsp3) is 0.765. The molecule has 2 fully saturated rings. The zero-order valence-electron chi connectivity index (χ0n) is 14.1. The van der Waals surface area contributed by atoms with Crippen LogP contribution in [0.25, 0.3) is 0 Å². The van der Waals surface area contributed by atoms with Crippen molar-refractivity contribution in [3.05, 3.63) is 18.5 Å². The number of ether oxygens (including phenoxy) is 1. The van der Waals surface area contributed by atoms with Crippen LogP contribution in [0, 0.1) is 11.3 Å². The van der Waals surface area contributed by atoms with Crippen molar-refractivity contribution in [2.45, 2.75) is 58.2 Å². The van der Waals surface area contributed by atoms with Crippen molar-refractivity contribution >= 4 is 6.03 Å². The van der Waals surface area contributed by atoms with Gasteiger partial charge in [0, 0.05) is 43.5 Å². The monoisotopic (exact) mass is 320 g/mol. The molecular formula is C17H28N4O2. The Morgan fingerprint density at radius 2 is 2.35 bits per heavy atom. The first-order valence-corrected chi connectivity index (χ1v) is 8.77. The van der Waals surface area contributed by atoms with Crippen molar-refractivity contribution in [2.75, 3.05) is 13.2 Å². The molecule has 23 heavy (non-hydrogen) atoms. The van der Waals surface area contributed by atoms with Crippen LogP contribution in [0.4, 0.5) is 4.79 Å². The highest BCUT2D eigenvalue weighted by Crippen LogP contribution is 2.57. The highest BCUT2D eigenvalue weighted by atomic mass is 16.5. The number of carbonyl (C=O) groups excluding carboxylic acids is 1. The smallest absolute Gasteiger partial charge is 0.315 e. The maximum Gasteiger partial charge on any atom is 0.315 e. The number of urea groups is 1. The number of rotatable bonds is 7. The zero-order valence-corrected chi connectivity index (χ0v) is 14.1. The summed E-state index contributed by atoms with van der Waals surface area (Å²) in [5.41, 5.74) is 0.216. The van der Waals surface area contributed by atoms with Crippen molar-refractivity contribution in [3.63, 3.8) is 0 Å². The first kappa shape index (κ1) is 16.3. The van der Waals surface area contributed by atoms with Gasteiger partial charge in [0.25, 0.3) is 0 Å². The minimum absolute atomic E-state index is 0.0523. The summed E-state index contributed by atoms with van der Waals surface area (Å²) in [5, 5.41) is 10.3. The molecule has 6 heteroatoms. The summed E-state index contributed by atoms with van der Waals surface area (Å²) in [6.45, 7) is 6.38. The maximum atomic E-state index is 12.2. The molecular weight excluding hydrogens is 292 g/mol. The lowest BCUT2D eigenvalue weighted by Crippen LogP contribution is -2.68. The van der Waals surface area contributed by atoms with E-state index in [0.29, 0.717) is 18.6 Å². The molecule has 0 saturated heterocycles. The summed E-state index contributed by atoms with van der Waals surface area (Å²) in [6, 6.07) is 2.13. The Balaban J connectivity index is 1.40. The number of nitrogens with one attached hydrogen (secondary N) is 2. The molecule has 0 aliphatic heterocycles. The van der Waals surface area contributed by atoms with Gasteiger partial charge < -0.3 is 15.4 Å². The summed E-state index contributed by atoms with van der Waals surface area (Å²) >= 11 is 0. The Morgan fingerprint density at radius 1 is 1.52 bits per heavy atom. The summed E-state index contributed by atoms with van der Waals surface area (Å²) in [6.07, 6.45) is 8.62. The number of carbonyl (C=O) groups is 1. The lowest BCUT2D eigenvalue weighted by atomic mass is 9.51. The second-order valence-corrected chi connectivity index (χ2v) is 7.01. The van der Waals surface area contributed by atoms with Gasteiger partial charge in [0.15, 0.2) is 0 Å². The van der Waals surface area contributed by atoms with Gasteiger partial charge in [0.1, 0.15) is 0 Å². The number of aromatic nitrogens is 2. The first-order valence-electron chi connectivity index (χ1n) is 8.77. The van der Waals surface area contributed by atoms with Crippen LogP contribution in [0.3, 0.4) is 0 Å². The van der Waals surface area contributed by atoms with Crippen LogP contribution < -0.4 is 10.6 Å². The molecule has 3 atom stereocenters. The molecule has 2 aliphatic carbocycles. The zero-order chi connectivity index (χ0) is 16.3. The molecule has 1 aromatic heterocycles. The topological polar surface area (TPSA) is 68.2 Å². The van der Waals surface area contributed by atoms with Gasteiger partial charge >= 0.3 is 6.03 Å². The average Bonchev–Trinajstić information content (AvgIpc) is 2.95. The third-order valence-electron chi connectivity index (χ3n) is 5.41. The molecule has 128 valence electrons. The largest absolute Gasteiger partial charge is 0.378 e. The van der Waals surface area contributed by atoms with E-state index in [-0.39, 0.29) is 17.5 Å². The Morgan fingerprint density at radius 3 is 2.96 bits per heavy atom. The molecule has 3 unspecified atom stereocenters. The third-order valence-corrected chi connectivity index (χ3v) is 5.41. The normalized spacial score (nSPS) is 26.2. The number of amides is 2. The Bertz CT molecular complexity index is 513. The summed E-state index contributed by atoms with van der Waals surface area (Å²) in [7, 11) is 0. The van der Waals surface area contributed by atoms with Crippen molar-refractivity contribution < 1.29 is 9.53 Å². The molecule has 1 spiro atoms. The van der Waals surface area contributed by atoms with E-state index in [0.717, 1.165) is 19.6 Å². The van der Waals surface area contributed by atoms with E-state index in [9.17, 15) is 4.79 Å². The van der Waals surface area contributed by atoms with Crippen molar-refractivity contribution in [1.82, 2.24) is 20.4 Å². The quantitative estimate of drug-likeness (QED) is 0.809. The summed E-state index contributed by atoms with van der Waals surface area (Å²) in [5.74, 6) is 0.343. The number of hydrogen-bond donors (Lipinski definition) is 2. The number of nitrogens with zero attached hydrogens (tertiary/aromatic N) is 2. The SMILES string of the molecule is CCOC1CC(NC(=O)NCC(C)Cn2cccn2)C12CCC2. The van der Waals surface area contributed by atoms with Gasteiger partial charge in [-0.15, -0.1) is 0 Å². The lowest BCUT2D eigenvalue weighted by molar-refractivity contribution is -0.169. The molecule has 6 nitrogen and oxygen atoms in total. The average molecular weight is 320 g/mol. The molecule has 2 aliphatic rings. The van der Waals surface area contributed by atoms with E-state index < -0.39 is 0 Å². The van der Waals surface area contributed by atoms with Crippen LogP contribution in [0.5, 0.6) is 0 Å². The van der Waals surface area contributed by atoms with Crippen LogP contribution in [-0.2, 0) is 11.3 Å². The predicted octanol–water partition coefficient (Wildman–Crippen LogP) is 2.17. The lowest BCUT2D eigenvalue weighted by Gasteiger charge is -2.60. The van der Waals surface area contributed by atoms with E-state index in [2.05, 4.69) is 22.7 Å². The van der Waals surface area contributed by atoms with E-state index >= 15 is 0 Å². The highest BCUT2D eigenvalue weighted by molar-refractivity contribution is 5.74. The van der Waals surface area contributed by atoms with Gasteiger partial charge in [-0.2, -0.15) is 5.10 Å². The van der Waals surface area contributed by atoms with Crippen LogP contribution in [0.1, 0.15) is 39.5 Å². The predicted molar refractivity (Wildman–Crippen MR) is 88.0 cm³/mol. The van der Waals surface area contributed by atoms with Gasteiger partial charge in [-0.3, -0.25) is 4.68 Å². The van der Waals surface area contributed by atoms with Crippen LogP contribution in [-0.4, -0.2) is 41.1 Å². The van der Waals surface area contributed by atoms with Gasteiger partial charge in [-0.05, 0) is 38.2 Å². The third kappa shape index (κ3) is 3.37. The highest BCUT2D eigenvalue weighted by Gasteiger charge is 2.59. The van der Waals surface area contributed by atoms with Gasteiger partial charge in [-0.25, -0.2) is 4.79 Å². The molecule has 2 saturated carbocycles. The Labute approximate surface area is 138 Å². The molecule has 1 aromatic rings. The molecule has 0 aromatic carbocycles. The molecule has 1 heterocycles. The second kappa shape index (κ2) is 6.91. The van der Waals surface area contributed by atoms with Crippen LogP contribution in [0.15, 0.2) is 18.5 Å². The van der Waals surface area contributed by atoms with E-state index in [1.54, 1.807) is 6.20 Å². The fourth-order valence-electron chi connectivity index (χ4n) is 3.91. The number of hydrogen-bond acceptors (Lipinski definition) is 3. The van der Waals surface area contributed by atoms with Crippen molar-refractivity contribution in [2.24, 2.45) is 11.3 Å². The summed E-state index contributed by atoms with van der Waals surface area (Å²) in [4.78, 5) is 12.2. The first-order chi connectivity index (χ1) is 11.1. The second-order valence-electron chi connectivity index (χ2n) is 7.01. The van der Waals surface area contributed by atoms with Crippen LogP contribution >= 0.6 is 0 Å². The van der Waals surface area contributed by atoms with Crippen molar-refractivity contribution in [3.8, 4) is 0 Å². The Kier molecular flexibility index (Phi) is 4.90. The summed E-state index contributed by atoms with van der Waals surface area (Å²) < 4.78 is 7.72. The van der Waals surface area contributed by atoms with E-state index in [1.807, 2.05) is 23.9 Å². The minimum Gasteiger partial charge on any atom is -0.378 e. The van der Waals surface area contributed by atoms with E-state index in [1.165, 1.54) is 19.3 Å². The van der Waals surface area contributed by atoms with Gasteiger partial charge in [0.05, 0.1) is 6.10 Å². The Hall–Kier alpha value is -1.56. The van der Waals surface area contributed by atoms with Crippen molar-refractivity contribution in [1.29, 1.82) is 0 Å². The van der Waals surface area contributed by atoms with Gasteiger partial charge in [0.2, 0.25) is 0 Å². The molecule has 0 bridgehead atoms. The fourth-order valence-corrected chi connectivity index (χ4v) is 3.91. The standard InChI is InChI=1S/C17H28N4O2/c1-3-23-15-10-14(17(15)6-4-7-17)20-16(22)18-11-13(2)12-21-9-5-8-19-21/h5,8-9,13-15H,3-4,6-7,10-12H2,1-2H3,(H2,18,20,22).